The Labute approximate surface area is 110 Å². The molecule has 0 radical (unpaired) electrons. The molecule has 0 bridgehead atoms. The second kappa shape index (κ2) is 4.36. The van der Waals surface area contributed by atoms with Crippen LogP contribution >= 0.6 is 0 Å². The molecular weight excluding hydrogens is 222 g/mol. The van der Waals surface area contributed by atoms with Crippen LogP contribution < -0.4 is 5.32 Å². The first-order valence-corrected chi connectivity index (χ1v) is 7.06. The van der Waals surface area contributed by atoms with Gasteiger partial charge >= 0.3 is 0 Å². The van der Waals surface area contributed by atoms with Crippen molar-refractivity contribution in [1.82, 2.24) is 5.32 Å². The molecule has 1 aromatic carbocycles. The Balaban J connectivity index is 1.83. The van der Waals surface area contributed by atoms with Crippen LogP contribution in [0.5, 0.6) is 0 Å². The lowest BCUT2D eigenvalue weighted by Crippen LogP contribution is -2.53. The van der Waals surface area contributed by atoms with Gasteiger partial charge in [-0.15, -0.1) is 0 Å². The van der Waals surface area contributed by atoms with E-state index in [0.717, 1.165) is 19.4 Å². The minimum Gasteiger partial charge on any atom is -0.364 e. The summed E-state index contributed by atoms with van der Waals surface area (Å²) in [6, 6.07) is 9.19. The monoisotopic (exact) mass is 245 g/mol. The third-order valence-electron chi connectivity index (χ3n) is 4.16. The number of fused-ring (bicyclic) bond motifs is 3. The fourth-order valence-electron chi connectivity index (χ4n) is 3.56. The zero-order chi connectivity index (χ0) is 12.8. The molecule has 1 aliphatic heterocycles. The number of rotatable bonds is 2. The molecule has 1 aliphatic carbocycles. The molecule has 18 heavy (non-hydrogen) atoms. The highest BCUT2D eigenvalue weighted by atomic mass is 16.5. The summed E-state index contributed by atoms with van der Waals surface area (Å²) in [6.07, 6.45) is 2.47. The molecular formula is C16H23NO. The summed E-state index contributed by atoms with van der Waals surface area (Å²) in [7, 11) is 0. The molecule has 2 aliphatic rings. The Morgan fingerprint density at radius 1 is 1.39 bits per heavy atom. The van der Waals surface area contributed by atoms with Crippen molar-refractivity contribution < 1.29 is 4.74 Å². The molecule has 2 heteroatoms. The smallest absolute Gasteiger partial charge is 0.0991 e. The van der Waals surface area contributed by atoms with Crippen LogP contribution in [0, 0.1) is 5.92 Å². The van der Waals surface area contributed by atoms with Gasteiger partial charge in [-0.05, 0) is 36.8 Å². The van der Waals surface area contributed by atoms with E-state index in [0.29, 0.717) is 12.0 Å². The molecule has 1 aromatic rings. The van der Waals surface area contributed by atoms with Crippen molar-refractivity contribution in [2.75, 3.05) is 6.54 Å². The standard InChI is InChI=1S/C16H23NO/c1-11(2)9-16(3)10-17-14-8-12-6-4-5-7-13(12)15(14)18-16/h4-7,11,14-15,17H,8-10H2,1-3H3. The maximum absolute atomic E-state index is 6.47. The minimum absolute atomic E-state index is 0.0210. The molecule has 1 heterocycles. The Kier molecular flexibility index (Phi) is 2.95. The molecule has 2 nitrogen and oxygen atoms in total. The predicted octanol–water partition coefficient (Wildman–Crippen LogP) is 3.08. The maximum atomic E-state index is 6.47. The molecule has 3 rings (SSSR count). The summed E-state index contributed by atoms with van der Waals surface area (Å²) in [5.41, 5.74) is 2.82. The molecule has 1 N–H and O–H groups in total. The van der Waals surface area contributed by atoms with E-state index in [9.17, 15) is 0 Å². The van der Waals surface area contributed by atoms with E-state index < -0.39 is 0 Å². The summed E-state index contributed by atoms with van der Waals surface area (Å²) in [4.78, 5) is 0. The third-order valence-corrected chi connectivity index (χ3v) is 4.16. The normalized spacial score (nSPS) is 34.4. The summed E-state index contributed by atoms with van der Waals surface area (Å²) in [5.74, 6) is 0.671. The summed E-state index contributed by atoms with van der Waals surface area (Å²) in [5, 5.41) is 3.70. The van der Waals surface area contributed by atoms with Gasteiger partial charge in [-0.3, -0.25) is 0 Å². The van der Waals surface area contributed by atoms with E-state index in [-0.39, 0.29) is 11.7 Å². The first-order valence-electron chi connectivity index (χ1n) is 7.06. The number of morpholine rings is 1. The zero-order valence-corrected chi connectivity index (χ0v) is 11.6. The maximum Gasteiger partial charge on any atom is 0.0991 e. The van der Waals surface area contributed by atoms with Crippen LogP contribution in [0.1, 0.15) is 44.4 Å². The summed E-state index contributed by atoms with van der Waals surface area (Å²) >= 11 is 0. The molecule has 1 fully saturated rings. The Hall–Kier alpha value is -0.860. The highest BCUT2D eigenvalue weighted by Gasteiger charge is 2.43. The van der Waals surface area contributed by atoms with Crippen molar-refractivity contribution in [1.29, 1.82) is 0 Å². The second-order valence-electron chi connectivity index (χ2n) is 6.48. The number of ether oxygens (including phenoxy) is 1. The third kappa shape index (κ3) is 2.08. The van der Waals surface area contributed by atoms with Crippen LogP contribution in [0.15, 0.2) is 24.3 Å². The molecule has 0 spiro atoms. The van der Waals surface area contributed by atoms with E-state index in [1.807, 2.05) is 0 Å². The van der Waals surface area contributed by atoms with Crippen LogP contribution in [0.25, 0.3) is 0 Å². The lowest BCUT2D eigenvalue weighted by molar-refractivity contribution is -0.131. The largest absolute Gasteiger partial charge is 0.364 e. The molecule has 98 valence electrons. The lowest BCUT2D eigenvalue weighted by Gasteiger charge is -2.42. The molecule has 3 unspecified atom stereocenters. The van der Waals surface area contributed by atoms with Gasteiger partial charge in [-0.25, -0.2) is 0 Å². The van der Waals surface area contributed by atoms with Crippen LogP contribution in [0.2, 0.25) is 0 Å². The van der Waals surface area contributed by atoms with E-state index >= 15 is 0 Å². The fourth-order valence-corrected chi connectivity index (χ4v) is 3.56. The van der Waals surface area contributed by atoms with E-state index in [1.165, 1.54) is 11.1 Å². The fraction of sp³-hybridized carbons (Fsp3) is 0.625. The van der Waals surface area contributed by atoms with Crippen molar-refractivity contribution >= 4 is 0 Å². The summed E-state index contributed by atoms with van der Waals surface area (Å²) in [6.45, 7) is 7.75. The highest BCUT2D eigenvalue weighted by molar-refractivity contribution is 5.36. The van der Waals surface area contributed by atoms with Gasteiger partial charge in [-0.2, -0.15) is 0 Å². The Bertz CT molecular complexity index is 442. The van der Waals surface area contributed by atoms with Gasteiger partial charge < -0.3 is 10.1 Å². The van der Waals surface area contributed by atoms with Crippen molar-refractivity contribution in [3.8, 4) is 0 Å². The van der Waals surface area contributed by atoms with Crippen LogP contribution in [-0.2, 0) is 11.2 Å². The highest BCUT2D eigenvalue weighted by Crippen LogP contribution is 2.41. The Morgan fingerprint density at radius 2 is 2.17 bits per heavy atom. The average molecular weight is 245 g/mol. The lowest BCUT2D eigenvalue weighted by atomic mass is 9.91. The number of nitrogens with one attached hydrogen (secondary N) is 1. The topological polar surface area (TPSA) is 21.3 Å². The number of hydrogen-bond donors (Lipinski definition) is 1. The molecule has 3 atom stereocenters. The van der Waals surface area contributed by atoms with Crippen molar-refractivity contribution in [2.24, 2.45) is 5.92 Å². The van der Waals surface area contributed by atoms with Gasteiger partial charge in [0.2, 0.25) is 0 Å². The zero-order valence-electron chi connectivity index (χ0n) is 11.6. The number of hydrogen-bond acceptors (Lipinski definition) is 2. The molecule has 0 amide bonds. The SMILES string of the molecule is CC(C)CC1(C)CNC2Cc3ccccc3C2O1. The van der Waals surface area contributed by atoms with E-state index in [1.54, 1.807) is 0 Å². The molecule has 0 aromatic heterocycles. The Morgan fingerprint density at radius 3 is 2.94 bits per heavy atom. The van der Waals surface area contributed by atoms with Crippen LogP contribution in [0.4, 0.5) is 0 Å². The second-order valence-corrected chi connectivity index (χ2v) is 6.48. The van der Waals surface area contributed by atoms with Crippen molar-refractivity contribution in [2.45, 2.75) is 51.4 Å². The van der Waals surface area contributed by atoms with Crippen LogP contribution in [-0.4, -0.2) is 18.2 Å². The van der Waals surface area contributed by atoms with Gasteiger partial charge in [0.1, 0.15) is 0 Å². The predicted molar refractivity (Wildman–Crippen MR) is 73.6 cm³/mol. The summed E-state index contributed by atoms with van der Waals surface area (Å²) < 4.78 is 6.47. The van der Waals surface area contributed by atoms with E-state index in [4.69, 9.17) is 4.74 Å². The quantitative estimate of drug-likeness (QED) is 0.864. The van der Waals surface area contributed by atoms with Crippen LogP contribution in [0.3, 0.4) is 0 Å². The first-order chi connectivity index (χ1) is 8.57. The average Bonchev–Trinajstić information content (AvgIpc) is 2.65. The van der Waals surface area contributed by atoms with Gasteiger partial charge in [-0.1, -0.05) is 38.1 Å². The van der Waals surface area contributed by atoms with E-state index in [2.05, 4.69) is 50.4 Å². The molecule has 0 saturated carbocycles. The van der Waals surface area contributed by atoms with Crippen molar-refractivity contribution in [3.63, 3.8) is 0 Å². The first kappa shape index (κ1) is 12.2. The van der Waals surface area contributed by atoms with Crippen molar-refractivity contribution in [3.05, 3.63) is 35.4 Å². The molecule has 1 saturated heterocycles. The van der Waals surface area contributed by atoms with Gasteiger partial charge in [0.25, 0.3) is 0 Å². The number of benzene rings is 1. The van der Waals surface area contributed by atoms with Gasteiger partial charge in [0.15, 0.2) is 0 Å². The minimum atomic E-state index is -0.0210. The van der Waals surface area contributed by atoms with Gasteiger partial charge in [0.05, 0.1) is 11.7 Å². The van der Waals surface area contributed by atoms with Gasteiger partial charge in [0, 0.05) is 12.6 Å².